The number of benzene rings is 1. The van der Waals surface area contributed by atoms with Gasteiger partial charge in [0.15, 0.2) is 0 Å². The molecule has 0 aliphatic rings. The van der Waals surface area contributed by atoms with Crippen LogP contribution in [0.5, 0.6) is 0 Å². The number of anilines is 1. The lowest BCUT2D eigenvalue weighted by molar-refractivity contribution is -0.384. The van der Waals surface area contributed by atoms with Crippen molar-refractivity contribution < 1.29 is 9.45 Å². The van der Waals surface area contributed by atoms with Gasteiger partial charge in [-0.1, -0.05) is 11.6 Å². The molecule has 1 aromatic carbocycles. The van der Waals surface area contributed by atoms with Crippen LogP contribution in [0, 0.1) is 10.1 Å². The Morgan fingerprint density at radius 2 is 2.25 bits per heavy atom. The lowest BCUT2D eigenvalue weighted by atomic mass is 10.2. The molecule has 0 aliphatic carbocycles. The fourth-order valence-electron chi connectivity index (χ4n) is 1.18. The van der Waals surface area contributed by atoms with E-state index in [1.165, 1.54) is 18.2 Å². The molecule has 2 rings (SSSR count). The molecule has 2 N–H and O–H groups in total. The fraction of sp³-hybridized carbons (Fsp3) is 0. The molecule has 0 fully saturated rings. The Labute approximate surface area is 94.0 Å². The molecule has 0 spiro atoms. The molecular formula is C8H5ClN4O3. The van der Waals surface area contributed by atoms with Crippen molar-refractivity contribution in [2.45, 2.75) is 0 Å². The zero-order valence-electron chi connectivity index (χ0n) is 7.75. The first-order valence-electron chi connectivity index (χ1n) is 4.11. The van der Waals surface area contributed by atoms with Gasteiger partial charge in [-0.2, -0.15) is 4.98 Å². The average molecular weight is 241 g/mol. The van der Waals surface area contributed by atoms with Crippen LogP contribution in [0.4, 0.5) is 11.6 Å². The Balaban J connectivity index is 2.60. The van der Waals surface area contributed by atoms with Gasteiger partial charge in [0.2, 0.25) is 0 Å². The smallest absolute Gasteiger partial charge is 0.283 e. The van der Waals surface area contributed by atoms with Gasteiger partial charge in [0.25, 0.3) is 17.5 Å². The van der Waals surface area contributed by atoms with E-state index in [1.54, 1.807) is 0 Å². The standard InChI is InChI=1S/C8H5ClN4O3/c9-4-1-2-5(6(3-4)13(14)15)7-11-8(10)12-16-7/h1-3H,(H2,10,12). The van der Waals surface area contributed by atoms with Crippen LogP contribution in [0.1, 0.15) is 0 Å². The Hall–Kier alpha value is -2.15. The molecule has 1 aromatic heterocycles. The second kappa shape index (κ2) is 3.78. The van der Waals surface area contributed by atoms with Crippen LogP contribution in [0.25, 0.3) is 11.5 Å². The molecule has 16 heavy (non-hydrogen) atoms. The van der Waals surface area contributed by atoms with Gasteiger partial charge < -0.3 is 10.3 Å². The molecule has 2 aromatic rings. The minimum atomic E-state index is -0.582. The first-order chi connectivity index (χ1) is 7.58. The summed E-state index contributed by atoms with van der Waals surface area (Å²) in [6, 6.07) is 4.12. The third kappa shape index (κ3) is 1.80. The number of aromatic nitrogens is 2. The van der Waals surface area contributed by atoms with Crippen molar-refractivity contribution in [3.63, 3.8) is 0 Å². The summed E-state index contributed by atoms with van der Waals surface area (Å²) >= 11 is 5.66. The summed E-state index contributed by atoms with van der Waals surface area (Å²) in [6.45, 7) is 0. The molecule has 0 aliphatic heterocycles. The Bertz CT molecular complexity index is 554. The van der Waals surface area contributed by atoms with Crippen LogP contribution in [-0.2, 0) is 0 Å². The minimum absolute atomic E-state index is 0.0131. The normalized spacial score (nSPS) is 10.3. The lowest BCUT2D eigenvalue weighted by Crippen LogP contribution is -1.92. The third-order valence-electron chi connectivity index (χ3n) is 1.83. The lowest BCUT2D eigenvalue weighted by Gasteiger charge is -1.97. The third-order valence-corrected chi connectivity index (χ3v) is 2.06. The van der Waals surface area contributed by atoms with Gasteiger partial charge in [0.1, 0.15) is 5.56 Å². The monoisotopic (exact) mass is 240 g/mol. The SMILES string of the molecule is Nc1noc(-c2ccc(Cl)cc2[N+](=O)[O-])n1. The van der Waals surface area contributed by atoms with Crippen LogP contribution in [0.2, 0.25) is 5.02 Å². The zero-order chi connectivity index (χ0) is 11.7. The van der Waals surface area contributed by atoms with Gasteiger partial charge in [-0.3, -0.25) is 10.1 Å². The summed E-state index contributed by atoms with van der Waals surface area (Å²) < 4.78 is 4.75. The van der Waals surface area contributed by atoms with E-state index >= 15 is 0 Å². The maximum atomic E-state index is 10.8. The second-order valence-electron chi connectivity index (χ2n) is 2.88. The Kier molecular flexibility index (Phi) is 2.45. The van der Waals surface area contributed by atoms with E-state index in [1.807, 2.05) is 0 Å². The van der Waals surface area contributed by atoms with Gasteiger partial charge >= 0.3 is 0 Å². The maximum Gasteiger partial charge on any atom is 0.283 e. The van der Waals surface area contributed by atoms with Crippen molar-refractivity contribution in [1.29, 1.82) is 0 Å². The van der Waals surface area contributed by atoms with Crippen LogP contribution >= 0.6 is 11.6 Å². The summed E-state index contributed by atoms with van der Waals surface area (Å²) in [5.74, 6) is -0.0971. The minimum Gasteiger partial charge on any atom is -0.365 e. The quantitative estimate of drug-likeness (QED) is 0.634. The van der Waals surface area contributed by atoms with Gasteiger partial charge in [-0.15, -0.1) is 0 Å². The van der Waals surface area contributed by atoms with E-state index in [4.69, 9.17) is 21.9 Å². The number of nitrogen functional groups attached to an aromatic ring is 1. The maximum absolute atomic E-state index is 10.8. The highest BCUT2D eigenvalue weighted by Gasteiger charge is 2.20. The number of nitrogens with two attached hydrogens (primary N) is 1. The number of nitrogens with zero attached hydrogens (tertiary/aromatic N) is 3. The molecule has 1 heterocycles. The molecule has 0 radical (unpaired) electrons. The first-order valence-corrected chi connectivity index (χ1v) is 4.49. The summed E-state index contributed by atoms with van der Waals surface area (Å²) in [4.78, 5) is 13.9. The second-order valence-corrected chi connectivity index (χ2v) is 3.31. The van der Waals surface area contributed by atoms with Crippen LogP contribution in [0.3, 0.4) is 0 Å². The molecule has 0 unspecified atom stereocenters. The number of hydrogen-bond acceptors (Lipinski definition) is 6. The summed E-state index contributed by atoms with van der Waals surface area (Å²) in [5.41, 5.74) is 5.23. The van der Waals surface area contributed by atoms with E-state index in [9.17, 15) is 10.1 Å². The predicted octanol–water partition coefficient (Wildman–Crippen LogP) is 1.88. The molecule has 8 heteroatoms. The van der Waals surface area contributed by atoms with E-state index in [0.717, 1.165) is 0 Å². The van der Waals surface area contributed by atoms with Gasteiger partial charge in [0, 0.05) is 11.1 Å². The predicted molar refractivity (Wildman–Crippen MR) is 55.8 cm³/mol. The number of nitro groups is 1. The molecule has 82 valence electrons. The van der Waals surface area contributed by atoms with E-state index in [-0.39, 0.29) is 28.1 Å². The van der Waals surface area contributed by atoms with Crippen LogP contribution < -0.4 is 5.73 Å². The topological polar surface area (TPSA) is 108 Å². The average Bonchev–Trinajstić information content (AvgIpc) is 2.64. The van der Waals surface area contributed by atoms with Crippen molar-refractivity contribution in [2.24, 2.45) is 0 Å². The van der Waals surface area contributed by atoms with Crippen molar-refractivity contribution in [3.05, 3.63) is 33.3 Å². The van der Waals surface area contributed by atoms with Crippen LogP contribution in [-0.4, -0.2) is 15.1 Å². The molecule has 0 bridgehead atoms. The van der Waals surface area contributed by atoms with Gasteiger partial charge in [0.05, 0.1) is 4.92 Å². The molecule has 0 saturated heterocycles. The summed E-state index contributed by atoms with van der Waals surface area (Å²) in [7, 11) is 0. The highest BCUT2D eigenvalue weighted by Crippen LogP contribution is 2.31. The Morgan fingerprint density at radius 1 is 1.50 bits per heavy atom. The highest BCUT2D eigenvalue weighted by molar-refractivity contribution is 6.30. The van der Waals surface area contributed by atoms with Crippen molar-refractivity contribution in [1.82, 2.24) is 10.1 Å². The first kappa shape index (κ1) is 10.4. The number of rotatable bonds is 2. The Morgan fingerprint density at radius 3 is 2.81 bits per heavy atom. The summed E-state index contributed by atoms with van der Waals surface area (Å²) in [5, 5.41) is 14.4. The highest BCUT2D eigenvalue weighted by atomic mass is 35.5. The van der Waals surface area contributed by atoms with Crippen molar-refractivity contribution >= 4 is 23.2 Å². The van der Waals surface area contributed by atoms with E-state index in [2.05, 4.69) is 10.1 Å². The zero-order valence-corrected chi connectivity index (χ0v) is 8.51. The summed E-state index contributed by atoms with van der Waals surface area (Å²) in [6.07, 6.45) is 0. The molecular weight excluding hydrogens is 236 g/mol. The number of nitro benzene ring substituents is 1. The largest absolute Gasteiger partial charge is 0.365 e. The van der Waals surface area contributed by atoms with Gasteiger partial charge in [-0.05, 0) is 17.3 Å². The molecule has 0 amide bonds. The van der Waals surface area contributed by atoms with Crippen LogP contribution in [0.15, 0.2) is 22.7 Å². The van der Waals surface area contributed by atoms with E-state index < -0.39 is 4.92 Å². The van der Waals surface area contributed by atoms with Crippen molar-refractivity contribution in [2.75, 3.05) is 5.73 Å². The fourth-order valence-corrected chi connectivity index (χ4v) is 1.35. The molecule has 0 atom stereocenters. The van der Waals surface area contributed by atoms with Crippen molar-refractivity contribution in [3.8, 4) is 11.5 Å². The molecule has 7 nitrogen and oxygen atoms in total. The number of halogens is 1. The van der Waals surface area contributed by atoms with E-state index in [0.29, 0.717) is 0 Å². The number of hydrogen-bond donors (Lipinski definition) is 1. The molecule has 0 saturated carbocycles. The van der Waals surface area contributed by atoms with Gasteiger partial charge in [-0.25, -0.2) is 0 Å².